The summed E-state index contributed by atoms with van der Waals surface area (Å²) < 4.78 is 48.8. The summed E-state index contributed by atoms with van der Waals surface area (Å²) in [7, 11) is -4.08. The summed E-state index contributed by atoms with van der Waals surface area (Å²) >= 11 is 5.77. The van der Waals surface area contributed by atoms with Gasteiger partial charge >= 0.3 is 10.1 Å². The van der Waals surface area contributed by atoms with Gasteiger partial charge in [0.1, 0.15) is 22.2 Å². The minimum Gasteiger partial charge on any atom is -0.452 e. The van der Waals surface area contributed by atoms with E-state index in [0.29, 0.717) is 10.6 Å². The van der Waals surface area contributed by atoms with Crippen LogP contribution in [-0.2, 0) is 10.1 Å². The average molecular weight is 431 g/mol. The molecule has 0 atom stereocenters. The number of carbonyl (C=O) groups is 1. The summed E-state index contributed by atoms with van der Waals surface area (Å²) in [5.41, 5.74) is 0.715. The largest absolute Gasteiger partial charge is 0.452 e. The molecule has 5 nitrogen and oxygen atoms in total. The highest BCUT2D eigenvalue weighted by molar-refractivity contribution is 7.87. The molecular weight excluding hydrogens is 419 g/mol. The lowest BCUT2D eigenvalue weighted by Gasteiger charge is -2.08. The Labute approximate surface area is 171 Å². The molecule has 0 spiro atoms. The van der Waals surface area contributed by atoms with E-state index in [-0.39, 0.29) is 27.7 Å². The van der Waals surface area contributed by atoms with Crippen LogP contribution in [0, 0.1) is 5.82 Å². The minimum atomic E-state index is -4.08. The van der Waals surface area contributed by atoms with Gasteiger partial charge < -0.3 is 8.92 Å². The maximum atomic E-state index is 13.3. The first-order valence-electron chi connectivity index (χ1n) is 8.36. The molecule has 0 amide bonds. The molecule has 3 aromatic rings. The van der Waals surface area contributed by atoms with Gasteiger partial charge in [0.15, 0.2) is 5.76 Å². The van der Waals surface area contributed by atoms with Crippen molar-refractivity contribution in [3.8, 4) is 11.5 Å². The summed E-state index contributed by atoms with van der Waals surface area (Å²) in [6, 6.07) is 15.3. The predicted octanol–water partition coefficient (Wildman–Crippen LogP) is 4.86. The number of ether oxygens (including phenoxy) is 1. The second-order valence-electron chi connectivity index (χ2n) is 6.14. The van der Waals surface area contributed by atoms with E-state index in [1.165, 1.54) is 66.7 Å². The molecule has 8 heteroatoms. The number of allylic oxidation sites excluding steroid dienone is 1. The van der Waals surface area contributed by atoms with Crippen molar-refractivity contribution in [2.75, 3.05) is 0 Å². The zero-order chi connectivity index (χ0) is 20.6. The molecule has 1 aliphatic heterocycles. The summed E-state index contributed by atoms with van der Waals surface area (Å²) in [6.07, 6.45) is 1.41. The van der Waals surface area contributed by atoms with Crippen molar-refractivity contribution >= 4 is 33.6 Å². The predicted molar refractivity (Wildman–Crippen MR) is 105 cm³/mol. The highest BCUT2D eigenvalue weighted by Crippen LogP contribution is 2.35. The highest BCUT2D eigenvalue weighted by Gasteiger charge is 2.28. The van der Waals surface area contributed by atoms with E-state index in [1.807, 2.05) is 0 Å². The van der Waals surface area contributed by atoms with Gasteiger partial charge in [0, 0.05) is 11.1 Å². The molecule has 0 N–H and O–H groups in total. The summed E-state index contributed by atoms with van der Waals surface area (Å²) in [5.74, 6) is -0.690. The zero-order valence-corrected chi connectivity index (χ0v) is 16.2. The smallest absolute Gasteiger partial charge is 0.339 e. The van der Waals surface area contributed by atoms with Gasteiger partial charge in [-0.3, -0.25) is 4.79 Å². The van der Waals surface area contributed by atoms with Crippen molar-refractivity contribution < 1.29 is 26.5 Å². The lowest BCUT2D eigenvalue weighted by Crippen LogP contribution is -2.09. The average Bonchev–Trinajstić information content (AvgIpc) is 2.97. The van der Waals surface area contributed by atoms with Crippen LogP contribution < -0.4 is 8.92 Å². The molecule has 29 heavy (non-hydrogen) atoms. The molecule has 0 unspecified atom stereocenters. The maximum Gasteiger partial charge on any atom is 0.339 e. The first kappa shape index (κ1) is 19.2. The number of carbonyl (C=O) groups excluding carboxylic acids is 1. The van der Waals surface area contributed by atoms with Crippen LogP contribution in [0.15, 0.2) is 77.4 Å². The Hall–Kier alpha value is -3.16. The number of halogens is 2. The Morgan fingerprint density at radius 1 is 1.00 bits per heavy atom. The fraction of sp³-hybridized carbons (Fsp3) is 0. The van der Waals surface area contributed by atoms with Crippen LogP contribution in [0.3, 0.4) is 0 Å². The molecule has 0 saturated heterocycles. The van der Waals surface area contributed by atoms with Crippen molar-refractivity contribution in [2.24, 2.45) is 0 Å². The molecule has 4 rings (SSSR count). The van der Waals surface area contributed by atoms with E-state index < -0.39 is 21.7 Å². The van der Waals surface area contributed by atoms with Crippen LogP contribution in [-0.4, -0.2) is 14.2 Å². The van der Waals surface area contributed by atoms with Crippen molar-refractivity contribution in [3.63, 3.8) is 0 Å². The van der Waals surface area contributed by atoms with E-state index in [1.54, 1.807) is 6.07 Å². The van der Waals surface area contributed by atoms with Crippen molar-refractivity contribution in [1.29, 1.82) is 0 Å². The van der Waals surface area contributed by atoms with Gasteiger partial charge in [0.05, 0.1) is 5.56 Å². The Kier molecular flexibility index (Phi) is 4.86. The Balaban J connectivity index is 1.60. The number of ketones is 1. The van der Waals surface area contributed by atoms with Gasteiger partial charge in [-0.1, -0.05) is 23.7 Å². The lowest BCUT2D eigenvalue weighted by atomic mass is 10.1. The SMILES string of the molecule is O=C1C(=Cc2cccc(F)c2)Oc2cc(OS(=O)(=O)c3ccc(Cl)cc3)ccc21. The monoisotopic (exact) mass is 430 g/mol. The summed E-state index contributed by atoms with van der Waals surface area (Å²) in [4.78, 5) is 12.4. The standard InChI is InChI=1S/C21H12ClFO5S/c22-14-4-7-17(8-5-14)29(25,26)28-16-6-9-18-19(12-16)27-20(21(18)24)11-13-2-1-3-15(23)10-13/h1-12H. The summed E-state index contributed by atoms with van der Waals surface area (Å²) in [6.45, 7) is 0. The number of hydrogen-bond acceptors (Lipinski definition) is 5. The van der Waals surface area contributed by atoms with Crippen LogP contribution in [0.4, 0.5) is 4.39 Å². The molecule has 146 valence electrons. The molecular formula is C21H12ClFO5S. The molecule has 0 saturated carbocycles. The molecule has 0 fully saturated rings. The molecule has 3 aromatic carbocycles. The number of fused-ring (bicyclic) bond motifs is 1. The first-order chi connectivity index (χ1) is 13.8. The zero-order valence-electron chi connectivity index (χ0n) is 14.6. The van der Waals surface area contributed by atoms with E-state index in [0.717, 1.165) is 0 Å². The van der Waals surface area contributed by atoms with Crippen molar-refractivity contribution in [3.05, 3.63) is 94.5 Å². The second-order valence-corrected chi connectivity index (χ2v) is 8.13. The fourth-order valence-electron chi connectivity index (χ4n) is 2.74. The van der Waals surface area contributed by atoms with E-state index >= 15 is 0 Å². The van der Waals surface area contributed by atoms with Crippen molar-refractivity contribution in [2.45, 2.75) is 4.90 Å². The number of rotatable bonds is 4. The van der Waals surface area contributed by atoms with Crippen molar-refractivity contribution in [1.82, 2.24) is 0 Å². The number of benzene rings is 3. The topological polar surface area (TPSA) is 69.7 Å². The van der Waals surface area contributed by atoms with Gasteiger partial charge in [-0.05, 0) is 60.2 Å². The molecule has 1 aliphatic rings. The van der Waals surface area contributed by atoms with Gasteiger partial charge in [-0.2, -0.15) is 8.42 Å². The van der Waals surface area contributed by atoms with Crippen LogP contribution in [0.25, 0.3) is 6.08 Å². The van der Waals surface area contributed by atoms with Crippen LogP contribution in [0.1, 0.15) is 15.9 Å². The quantitative estimate of drug-likeness (QED) is 0.436. The van der Waals surface area contributed by atoms with Crippen LogP contribution in [0.5, 0.6) is 11.5 Å². The third-order valence-electron chi connectivity index (χ3n) is 4.10. The van der Waals surface area contributed by atoms with Gasteiger partial charge in [0.2, 0.25) is 5.78 Å². The Morgan fingerprint density at radius 2 is 1.76 bits per heavy atom. The maximum absolute atomic E-state index is 13.3. The minimum absolute atomic E-state index is 0.00306. The molecule has 0 aliphatic carbocycles. The number of hydrogen-bond donors (Lipinski definition) is 0. The van der Waals surface area contributed by atoms with Crippen LogP contribution >= 0.6 is 11.6 Å². The third-order valence-corrected chi connectivity index (χ3v) is 5.61. The van der Waals surface area contributed by atoms with E-state index in [9.17, 15) is 17.6 Å². The molecule has 0 radical (unpaired) electrons. The first-order valence-corrected chi connectivity index (χ1v) is 10.1. The van der Waals surface area contributed by atoms with E-state index in [2.05, 4.69) is 0 Å². The second kappa shape index (κ2) is 7.35. The van der Waals surface area contributed by atoms with Gasteiger partial charge in [-0.15, -0.1) is 0 Å². The van der Waals surface area contributed by atoms with Gasteiger partial charge in [-0.25, -0.2) is 4.39 Å². The highest BCUT2D eigenvalue weighted by atomic mass is 35.5. The van der Waals surface area contributed by atoms with Gasteiger partial charge in [0.25, 0.3) is 0 Å². The Morgan fingerprint density at radius 3 is 2.48 bits per heavy atom. The van der Waals surface area contributed by atoms with Crippen LogP contribution in [0.2, 0.25) is 5.02 Å². The third kappa shape index (κ3) is 4.01. The molecule has 0 aromatic heterocycles. The number of Topliss-reactive ketones (excluding diaryl/α,β-unsaturated/α-hetero) is 1. The Bertz CT molecular complexity index is 1250. The lowest BCUT2D eigenvalue weighted by molar-refractivity contribution is 0.101. The normalized spacial score (nSPS) is 14.6. The molecule has 1 heterocycles. The fourth-order valence-corrected chi connectivity index (χ4v) is 3.79. The summed E-state index contributed by atoms with van der Waals surface area (Å²) in [5, 5.41) is 0.394. The molecule has 0 bridgehead atoms. The van der Waals surface area contributed by atoms with E-state index in [4.69, 9.17) is 20.5 Å².